The standard InChI is InChI=1S/C17H25ClO6S/c1-13(14-8-5-4-6-9-14)24-16(20)15(19)17(2,3)12-23-25(21,22)11-7-10-18/h4-6,8-9,13,15,19H,7,10-12H2,1-3H3/t13-,15-/m0/s1. The molecule has 0 aliphatic heterocycles. The highest BCUT2D eigenvalue weighted by Crippen LogP contribution is 2.26. The molecule has 1 rings (SSSR count). The Hall–Kier alpha value is -1.15. The first-order chi connectivity index (χ1) is 11.6. The van der Waals surface area contributed by atoms with Crippen LogP contribution in [-0.2, 0) is 23.8 Å². The maximum absolute atomic E-state index is 12.2. The average Bonchev–Trinajstić information content (AvgIpc) is 2.58. The zero-order valence-corrected chi connectivity index (χ0v) is 16.2. The summed E-state index contributed by atoms with van der Waals surface area (Å²) in [4.78, 5) is 12.2. The van der Waals surface area contributed by atoms with Gasteiger partial charge >= 0.3 is 5.97 Å². The van der Waals surface area contributed by atoms with Crippen LogP contribution in [0.15, 0.2) is 30.3 Å². The normalized spacial score (nSPS) is 14.8. The van der Waals surface area contributed by atoms with Gasteiger partial charge in [0.25, 0.3) is 10.1 Å². The minimum atomic E-state index is -3.75. The molecule has 1 N–H and O–H groups in total. The average molecular weight is 393 g/mol. The lowest BCUT2D eigenvalue weighted by molar-refractivity contribution is -0.166. The van der Waals surface area contributed by atoms with Crippen LogP contribution >= 0.6 is 11.6 Å². The predicted octanol–water partition coefficient (Wildman–Crippen LogP) is 2.65. The van der Waals surface area contributed by atoms with E-state index in [4.69, 9.17) is 20.5 Å². The van der Waals surface area contributed by atoms with Gasteiger partial charge < -0.3 is 9.84 Å². The quantitative estimate of drug-likeness (QED) is 0.374. The van der Waals surface area contributed by atoms with E-state index in [1.54, 1.807) is 6.92 Å². The lowest BCUT2D eigenvalue weighted by atomic mass is 9.87. The number of rotatable bonds is 10. The van der Waals surface area contributed by atoms with Gasteiger partial charge in [-0.1, -0.05) is 44.2 Å². The number of halogens is 1. The van der Waals surface area contributed by atoms with Gasteiger partial charge in [-0.15, -0.1) is 11.6 Å². The molecule has 0 aromatic heterocycles. The van der Waals surface area contributed by atoms with Crippen LogP contribution in [0.1, 0.15) is 38.9 Å². The second kappa shape index (κ2) is 9.52. The van der Waals surface area contributed by atoms with Gasteiger partial charge in [-0.05, 0) is 18.9 Å². The molecule has 1 aromatic carbocycles. The maximum atomic E-state index is 12.2. The number of alkyl halides is 1. The summed E-state index contributed by atoms with van der Waals surface area (Å²) in [5.41, 5.74) is -0.345. The number of carbonyl (C=O) groups is 1. The Morgan fingerprint density at radius 1 is 1.28 bits per heavy atom. The van der Waals surface area contributed by atoms with Crippen molar-refractivity contribution in [2.24, 2.45) is 5.41 Å². The fourth-order valence-electron chi connectivity index (χ4n) is 1.96. The summed E-state index contributed by atoms with van der Waals surface area (Å²) in [7, 11) is -3.75. The molecule has 0 aliphatic carbocycles. The summed E-state index contributed by atoms with van der Waals surface area (Å²) in [5, 5.41) is 10.2. The van der Waals surface area contributed by atoms with Crippen LogP contribution in [0.3, 0.4) is 0 Å². The number of ether oxygens (including phenoxy) is 1. The Morgan fingerprint density at radius 2 is 1.88 bits per heavy atom. The second-order valence-corrected chi connectivity index (χ2v) is 8.58. The van der Waals surface area contributed by atoms with Crippen molar-refractivity contribution in [1.82, 2.24) is 0 Å². The van der Waals surface area contributed by atoms with E-state index in [0.29, 0.717) is 0 Å². The summed E-state index contributed by atoms with van der Waals surface area (Å²) in [5.74, 6) is -0.834. The number of aliphatic hydroxyl groups excluding tert-OH is 1. The van der Waals surface area contributed by atoms with Gasteiger partial charge in [-0.25, -0.2) is 4.79 Å². The van der Waals surface area contributed by atoms with E-state index in [9.17, 15) is 18.3 Å². The molecule has 0 saturated carbocycles. The van der Waals surface area contributed by atoms with E-state index in [1.165, 1.54) is 13.8 Å². The van der Waals surface area contributed by atoms with Crippen molar-refractivity contribution in [3.8, 4) is 0 Å². The minimum Gasteiger partial charge on any atom is -0.456 e. The molecule has 0 fully saturated rings. The smallest absolute Gasteiger partial charge is 0.336 e. The van der Waals surface area contributed by atoms with Crippen molar-refractivity contribution in [3.63, 3.8) is 0 Å². The van der Waals surface area contributed by atoms with Gasteiger partial charge in [0, 0.05) is 11.3 Å². The molecule has 0 radical (unpaired) electrons. The fourth-order valence-corrected chi connectivity index (χ4v) is 3.35. The Balaban J connectivity index is 2.63. The zero-order valence-electron chi connectivity index (χ0n) is 14.6. The summed E-state index contributed by atoms with van der Waals surface area (Å²) < 4.78 is 33.6. The molecule has 1 aromatic rings. The lowest BCUT2D eigenvalue weighted by Crippen LogP contribution is -2.41. The van der Waals surface area contributed by atoms with Crippen molar-refractivity contribution in [3.05, 3.63) is 35.9 Å². The fraction of sp³-hybridized carbons (Fsp3) is 0.588. The third-order valence-corrected chi connectivity index (χ3v) is 5.20. The number of carbonyl (C=O) groups excluding carboxylic acids is 1. The largest absolute Gasteiger partial charge is 0.456 e. The molecule has 25 heavy (non-hydrogen) atoms. The summed E-state index contributed by atoms with van der Waals surface area (Å²) in [6.45, 7) is 4.42. The third kappa shape index (κ3) is 7.32. The molecule has 0 saturated heterocycles. The molecular formula is C17H25ClO6S. The van der Waals surface area contributed by atoms with Crippen LogP contribution in [0.4, 0.5) is 0 Å². The summed E-state index contributed by atoms with van der Waals surface area (Å²) in [6, 6.07) is 9.10. The van der Waals surface area contributed by atoms with Crippen LogP contribution in [0.25, 0.3) is 0 Å². The topological polar surface area (TPSA) is 89.9 Å². The molecule has 0 aliphatic rings. The van der Waals surface area contributed by atoms with E-state index in [2.05, 4.69) is 0 Å². The van der Waals surface area contributed by atoms with Crippen molar-refractivity contribution < 1.29 is 27.2 Å². The van der Waals surface area contributed by atoms with E-state index < -0.39 is 33.7 Å². The van der Waals surface area contributed by atoms with Crippen molar-refractivity contribution in [2.75, 3.05) is 18.2 Å². The summed E-state index contributed by atoms with van der Waals surface area (Å²) >= 11 is 5.47. The molecule has 0 amide bonds. The first kappa shape index (κ1) is 21.9. The monoisotopic (exact) mass is 392 g/mol. The van der Waals surface area contributed by atoms with E-state index >= 15 is 0 Å². The SMILES string of the molecule is C[C@H](OC(=O)[C@H](O)C(C)(C)COS(=O)(=O)CCCCl)c1ccccc1. The summed E-state index contributed by atoms with van der Waals surface area (Å²) in [6.07, 6.45) is -1.79. The van der Waals surface area contributed by atoms with Crippen molar-refractivity contribution in [2.45, 2.75) is 39.4 Å². The van der Waals surface area contributed by atoms with Crippen LogP contribution in [0.5, 0.6) is 0 Å². The minimum absolute atomic E-state index is 0.207. The van der Waals surface area contributed by atoms with Gasteiger partial charge in [0.1, 0.15) is 6.10 Å². The number of esters is 1. The molecule has 0 spiro atoms. The highest BCUT2D eigenvalue weighted by molar-refractivity contribution is 7.86. The van der Waals surface area contributed by atoms with Crippen molar-refractivity contribution >= 4 is 27.7 Å². The second-order valence-electron chi connectivity index (χ2n) is 6.45. The maximum Gasteiger partial charge on any atom is 0.336 e. The zero-order chi connectivity index (χ0) is 19.1. The van der Waals surface area contributed by atoms with Crippen LogP contribution in [-0.4, -0.2) is 43.8 Å². The van der Waals surface area contributed by atoms with Crippen LogP contribution in [0.2, 0.25) is 0 Å². The Morgan fingerprint density at radius 3 is 2.44 bits per heavy atom. The van der Waals surface area contributed by atoms with Gasteiger partial charge in [0.05, 0.1) is 12.4 Å². The molecular weight excluding hydrogens is 368 g/mol. The molecule has 8 heteroatoms. The molecule has 2 atom stereocenters. The number of benzene rings is 1. The van der Waals surface area contributed by atoms with Gasteiger partial charge in [-0.3, -0.25) is 4.18 Å². The first-order valence-electron chi connectivity index (χ1n) is 7.95. The molecule has 0 heterocycles. The van der Waals surface area contributed by atoms with Crippen LogP contribution < -0.4 is 0 Å². The molecule has 0 bridgehead atoms. The van der Waals surface area contributed by atoms with Crippen molar-refractivity contribution in [1.29, 1.82) is 0 Å². The number of aliphatic hydroxyl groups is 1. The van der Waals surface area contributed by atoms with E-state index in [-0.39, 0.29) is 24.7 Å². The third-order valence-electron chi connectivity index (χ3n) is 3.66. The highest BCUT2D eigenvalue weighted by atomic mass is 35.5. The van der Waals surface area contributed by atoms with Gasteiger partial charge in [0.2, 0.25) is 0 Å². The number of hydrogen-bond donors (Lipinski definition) is 1. The Kier molecular flexibility index (Phi) is 8.34. The Bertz CT molecular complexity index is 644. The van der Waals surface area contributed by atoms with E-state index in [1.807, 2.05) is 30.3 Å². The first-order valence-corrected chi connectivity index (χ1v) is 10.1. The molecule has 6 nitrogen and oxygen atoms in total. The van der Waals surface area contributed by atoms with Gasteiger partial charge in [-0.2, -0.15) is 8.42 Å². The number of hydrogen-bond acceptors (Lipinski definition) is 6. The highest BCUT2D eigenvalue weighted by Gasteiger charge is 2.37. The Labute approximate surface area is 154 Å². The molecule has 142 valence electrons. The van der Waals surface area contributed by atoms with Gasteiger partial charge in [0.15, 0.2) is 6.10 Å². The predicted molar refractivity (Wildman–Crippen MR) is 95.8 cm³/mol. The van der Waals surface area contributed by atoms with Crippen LogP contribution in [0, 0.1) is 5.41 Å². The lowest BCUT2D eigenvalue weighted by Gasteiger charge is -2.29. The van der Waals surface area contributed by atoms with E-state index in [0.717, 1.165) is 5.56 Å². The molecule has 0 unspecified atom stereocenters.